The van der Waals surface area contributed by atoms with Crippen LogP contribution in [0.5, 0.6) is 0 Å². The lowest BCUT2D eigenvalue weighted by atomic mass is 10.1. The van der Waals surface area contributed by atoms with Gasteiger partial charge in [0.15, 0.2) is 0 Å². The summed E-state index contributed by atoms with van der Waals surface area (Å²) in [5.74, 6) is -0.792. The summed E-state index contributed by atoms with van der Waals surface area (Å²) in [4.78, 5) is 22.1. The molecule has 0 aromatic heterocycles. The first-order valence-electron chi connectivity index (χ1n) is 12.1. The molecule has 0 aliphatic rings. The first-order valence-corrected chi connectivity index (χ1v) is 12.1. The van der Waals surface area contributed by atoms with Gasteiger partial charge in [-0.15, -0.1) is 0 Å². The summed E-state index contributed by atoms with van der Waals surface area (Å²) >= 11 is 0. The molecule has 0 aliphatic carbocycles. The Kier molecular flexibility index (Phi) is 22.3. The highest BCUT2D eigenvalue weighted by atomic mass is 16.5. The number of aliphatic carboxylic acids is 1. The van der Waals surface area contributed by atoms with Crippen molar-refractivity contribution in [2.75, 3.05) is 13.2 Å². The monoisotopic (exact) mass is 414 g/mol. The van der Waals surface area contributed by atoms with Gasteiger partial charge in [-0.1, -0.05) is 89.9 Å². The number of carboxylic acids is 1. The van der Waals surface area contributed by atoms with Crippen LogP contribution in [-0.4, -0.2) is 35.4 Å². The minimum absolute atomic E-state index is 0.0742. The smallest absolute Gasteiger partial charge is 0.305 e. The van der Waals surface area contributed by atoms with E-state index in [4.69, 9.17) is 14.9 Å². The highest BCUT2D eigenvalue weighted by molar-refractivity contribution is 5.69. The van der Waals surface area contributed by atoms with Crippen molar-refractivity contribution in [3.05, 3.63) is 0 Å². The first kappa shape index (κ1) is 27.9. The summed E-state index contributed by atoms with van der Waals surface area (Å²) in [5, 5.41) is 17.3. The van der Waals surface area contributed by atoms with Crippen LogP contribution < -0.4 is 0 Å². The van der Waals surface area contributed by atoms with Crippen LogP contribution in [0.2, 0.25) is 0 Å². The van der Waals surface area contributed by atoms with Crippen molar-refractivity contribution in [2.24, 2.45) is 0 Å². The van der Waals surface area contributed by atoms with Gasteiger partial charge in [-0.25, -0.2) is 0 Å². The molecule has 0 radical (unpaired) electrons. The molecule has 0 saturated carbocycles. The van der Waals surface area contributed by atoms with Crippen molar-refractivity contribution in [2.45, 2.75) is 128 Å². The van der Waals surface area contributed by atoms with Crippen molar-refractivity contribution in [3.8, 4) is 0 Å². The number of carboxylic acid groups (broad SMARTS) is 1. The van der Waals surface area contributed by atoms with E-state index in [-0.39, 0.29) is 12.4 Å². The molecule has 0 fully saturated rings. The van der Waals surface area contributed by atoms with Gasteiger partial charge >= 0.3 is 11.9 Å². The quantitative estimate of drug-likeness (QED) is 0.149. The van der Waals surface area contributed by atoms with E-state index in [2.05, 4.69) is 0 Å². The fourth-order valence-corrected chi connectivity index (χ4v) is 3.49. The predicted molar refractivity (Wildman–Crippen MR) is 118 cm³/mol. The van der Waals surface area contributed by atoms with Crippen molar-refractivity contribution < 1.29 is 24.5 Å². The summed E-state index contributed by atoms with van der Waals surface area (Å²) in [6, 6.07) is 0. The Balaban J connectivity index is 3.15. The number of esters is 1. The summed E-state index contributed by atoms with van der Waals surface area (Å²) in [7, 11) is 0. The van der Waals surface area contributed by atoms with Gasteiger partial charge in [0.25, 0.3) is 0 Å². The summed E-state index contributed by atoms with van der Waals surface area (Å²) in [6.45, 7) is 0.889. The lowest BCUT2D eigenvalue weighted by Gasteiger charge is -2.05. The number of rotatable bonds is 23. The Morgan fingerprint density at radius 2 is 0.897 bits per heavy atom. The van der Waals surface area contributed by atoms with Crippen molar-refractivity contribution in [3.63, 3.8) is 0 Å². The Morgan fingerprint density at radius 3 is 1.34 bits per heavy atom. The van der Waals surface area contributed by atoms with Gasteiger partial charge in [-0.2, -0.15) is 0 Å². The van der Waals surface area contributed by atoms with Gasteiger partial charge in [0.1, 0.15) is 0 Å². The second kappa shape index (κ2) is 23.2. The second-order valence-electron chi connectivity index (χ2n) is 8.20. The van der Waals surface area contributed by atoms with Gasteiger partial charge in [0.2, 0.25) is 0 Å². The van der Waals surface area contributed by atoms with Crippen LogP contribution in [-0.2, 0) is 14.3 Å². The Hall–Kier alpha value is -1.10. The normalized spacial score (nSPS) is 10.9. The van der Waals surface area contributed by atoms with E-state index >= 15 is 0 Å². The number of ether oxygens (including phenoxy) is 1. The largest absolute Gasteiger partial charge is 0.481 e. The number of hydrogen-bond acceptors (Lipinski definition) is 4. The van der Waals surface area contributed by atoms with Crippen LogP contribution in [0.4, 0.5) is 0 Å². The Morgan fingerprint density at radius 1 is 0.517 bits per heavy atom. The van der Waals surface area contributed by atoms with Crippen LogP contribution in [0.15, 0.2) is 0 Å². The maximum atomic E-state index is 11.7. The van der Waals surface area contributed by atoms with Gasteiger partial charge < -0.3 is 14.9 Å². The Labute approximate surface area is 178 Å². The van der Waals surface area contributed by atoms with Crippen molar-refractivity contribution >= 4 is 11.9 Å². The number of unbranched alkanes of at least 4 members (excludes halogenated alkanes) is 16. The van der Waals surface area contributed by atoms with Crippen LogP contribution in [0.3, 0.4) is 0 Å². The van der Waals surface area contributed by atoms with Crippen LogP contribution in [0.25, 0.3) is 0 Å². The number of aliphatic hydroxyl groups is 1. The second-order valence-corrected chi connectivity index (χ2v) is 8.20. The highest BCUT2D eigenvalue weighted by Crippen LogP contribution is 2.12. The molecule has 0 spiro atoms. The molecule has 0 aromatic carbocycles. The topological polar surface area (TPSA) is 83.8 Å². The van der Waals surface area contributed by atoms with E-state index in [1.165, 1.54) is 51.4 Å². The molecule has 0 bridgehead atoms. The van der Waals surface area contributed by atoms with Crippen LogP contribution >= 0.6 is 0 Å². The maximum Gasteiger partial charge on any atom is 0.305 e. The molecule has 2 N–H and O–H groups in total. The molecule has 0 aliphatic heterocycles. The molecule has 29 heavy (non-hydrogen) atoms. The van der Waals surface area contributed by atoms with E-state index in [9.17, 15) is 9.59 Å². The predicted octanol–water partition coefficient (Wildman–Crippen LogP) is 6.41. The Bertz CT molecular complexity index is 370. The van der Waals surface area contributed by atoms with Crippen molar-refractivity contribution in [1.29, 1.82) is 0 Å². The molecule has 0 heterocycles. The molecular weight excluding hydrogens is 368 g/mol. The summed E-state index contributed by atoms with van der Waals surface area (Å²) < 4.78 is 5.29. The average molecular weight is 415 g/mol. The fraction of sp³-hybridized carbons (Fsp3) is 0.917. The lowest BCUT2D eigenvalue weighted by molar-refractivity contribution is -0.144. The van der Waals surface area contributed by atoms with Gasteiger partial charge in [-0.05, 0) is 25.7 Å². The third-order valence-electron chi connectivity index (χ3n) is 5.34. The number of aliphatic hydroxyl groups excluding tert-OH is 1. The lowest BCUT2D eigenvalue weighted by Crippen LogP contribution is -2.05. The minimum Gasteiger partial charge on any atom is -0.481 e. The van der Waals surface area contributed by atoms with E-state index in [0.29, 0.717) is 19.6 Å². The van der Waals surface area contributed by atoms with E-state index in [0.717, 1.165) is 64.2 Å². The molecule has 0 unspecified atom stereocenters. The molecular formula is C24H46O5. The van der Waals surface area contributed by atoms with Crippen LogP contribution in [0.1, 0.15) is 128 Å². The molecule has 0 rings (SSSR count). The van der Waals surface area contributed by atoms with Gasteiger partial charge in [0.05, 0.1) is 6.61 Å². The number of carbonyl (C=O) groups is 2. The van der Waals surface area contributed by atoms with Crippen LogP contribution in [0, 0.1) is 0 Å². The van der Waals surface area contributed by atoms with E-state index < -0.39 is 5.97 Å². The average Bonchev–Trinajstić information content (AvgIpc) is 2.70. The molecule has 5 nitrogen and oxygen atoms in total. The third kappa shape index (κ3) is 24.9. The number of hydrogen-bond donors (Lipinski definition) is 2. The molecule has 0 aromatic rings. The van der Waals surface area contributed by atoms with E-state index in [1.54, 1.807) is 0 Å². The third-order valence-corrected chi connectivity index (χ3v) is 5.34. The fourth-order valence-electron chi connectivity index (χ4n) is 3.49. The first-order chi connectivity index (χ1) is 14.2. The molecule has 5 heteroatoms. The maximum absolute atomic E-state index is 11.7. The molecule has 172 valence electrons. The SMILES string of the molecule is O=C(O)CCCCCCCCC(=O)OCCCCCCCCCCCCCCO. The summed E-state index contributed by atoms with van der Waals surface area (Å²) in [6.07, 6.45) is 21.1. The summed E-state index contributed by atoms with van der Waals surface area (Å²) in [5.41, 5.74) is 0. The zero-order valence-electron chi connectivity index (χ0n) is 18.7. The standard InChI is InChI=1S/C24H46O5/c25-21-17-13-9-5-3-1-2-4-6-10-14-18-22-29-24(28)20-16-12-8-7-11-15-19-23(26)27/h25H,1-22H2,(H,26,27). The molecule has 0 atom stereocenters. The van der Waals surface area contributed by atoms with Gasteiger partial charge in [0, 0.05) is 19.4 Å². The minimum atomic E-state index is -0.718. The van der Waals surface area contributed by atoms with Crippen molar-refractivity contribution in [1.82, 2.24) is 0 Å². The zero-order valence-corrected chi connectivity index (χ0v) is 18.7. The molecule has 0 saturated heterocycles. The van der Waals surface area contributed by atoms with Gasteiger partial charge in [-0.3, -0.25) is 9.59 Å². The number of carbonyl (C=O) groups excluding carboxylic acids is 1. The zero-order chi connectivity index (χ0) is 21.4. The molecule has 0 amide bonds. The highest BCUT2D eigenvalue weighted by Gasteiger charge is 2.03. The van der Waals surface area contributed by atoms with E-state index in [1.807, 2.05) is 0 Å².